The van der Waals surface area contributed by atoms with Crippen LogP contribution in [0.3, 0.4) is 0 Å². The number of aromatic nitrogens is 2. The Morgan fingerprint density at radius 1 is 1.14 bits per heavy atom. The van der Waals surface area contributed by atoms with Gasteiger partial charge in [-0.05, 0) is 43.2 Å². The van der Waals surface area contributed by atoms with Crippen LogP contribution in [0.2, 0.25) is 0 Å². The van der Waals surface area contributed by atoms with Crippen LogP contribution in [0.5, 0.6) is 5.75 Å². The maximum atomic E-state index is 12.3. The average molecular weight is 378 g/mol. The third-order valence-corrected chi connectivity index (χ3v) is 4.69. The zero-order valence-electron chi connectivity index (χ0n) is 15.5. The molecular formula is C21H22N4O3. The van der Waals surface area contributed by atoms with E-state index in [1.807, 2.05) is 24.3 Å². The molecule has 7 nitrogen and oxygen atoms in total. The van der Waals surface area contributed by atoms with Crippen LogP contribution in [0.4, 0.5) is 5.69 Å². The Morgan fingerprint density at radius 2 is 2.04 bits per heavy atom. The van der Waals surface area contributed by atoms with Gasteiger partial charge in [-0.3, -0.25) is 9.59 Å². The third-order valence-electron chi connectivity index (χ3n) is 4.69. The molecule has 2 heterocycles. The standard InChI is InChI=1S/C21H22N4O3/c26-20-13-28-18-10-9-14(12-17(18)25-20)21(27)22-11-5-1-2-8-19-23-15-6-3-4-7-16(15)24-19/h3-4,6-7,9-10,12H,1-2,5,8,11,13H2,(H,22,27)(H,23,24)(H,25,26). The van der Waals surface area contributed by atoms with Crippen LogP contribution in [-0.4, -0.2) is 34.9 Å². The van der Waals surface area contributed by atoms with Gasteiger partial charge in [0.05, 0.1) is 16.7 Å². The molecule has 0 aliphatic carbocycles. The molecule has 1 aliphatic rings. The molecule has 1 aromatic heterocycles. The van der Waals surface area contributed by atoms with E-state index in [-0.39, 0.29) is 18.4 Å². The van der Waals surface area contributed by atoms with Gasteiger partial charge in [-0.1, -0.05) is 18.6 Å². The van der Waals surface area contributed by atoms with Crippen molar-refractivity contribution >= 4 is 28.5 Å². The van der Waals surface area contributed by atoms with E-state index in [0.717, 1.165) is 42.5 Å². The first-order chi connectivity index (χ1) is 13.7. The van der Waals surface area contributed by atoms with E-state index >= 15 is 0 Å². The first kappa shape index (κ1) is 18.0. The van der Waals surface area contributed by atoms with Crippen molar-refractivity contribution in [1.29, 1.82) is 0 Å². The molecule has 0 radical (unpaired) electrons. The van der Waals surface area contributed by atoms with Crippen molar-refractivity contribution in [3.05, 3.63) is 53.9 Å². The number of fused-ring (bicyclic) bond motifs is 2. The SMILES string of the molecule is O=C1COc2ccc(C(=O)NCCCCCc3nc4ccccc4[nH]3)cc2N1. The van der Waals surface area contributed by atoms with Crippen molar-refractivity contribution in [2.75, 3.05) is 18.5 Å². The number of amides is 2. The first-order valence-corrected chi connectivity index (χ1v) is 9.47. The number of anilines is 1. The highest BCUT2D eigenvalue weighted by Crippen LogP contribution is 2.28. The van der Waals surface area contributed by atoms with Crippen molar-refractivity contribution in [3.8, 4) is 5.75 Å². The largest absolute Gasteiger partial charge is 0.482 e. The predicted octanol–water partition coefficient (Wildman–Crippen LogP) is 3.04. The van der Waals surface area contributed by atoms with Gasteiger partial charge in [-0.2, -0.15) is 0 Å². The minimum Gasteiger partial charge on any atom is -0.482 e. The smallest absolute Gasteiger partial charge is 0.262 e. The number of carbonyl (C=O) groups is 2. The molecular weight excluding hydrogens is 356 g/mol. The third kappa shape index (κ3) is 4.14. The number of hydrogen-bond donors (Lipinski definition) is 3. The fourth-order valence-electron chi connectivity index (χ4n) is 3.25. The molecule has 0 spiro atoms. The van der Waals surface area contributed by atoms with Crippen molar-refractivity contribution in [2.45, 2.75) is 25.7 Å². The summed E-state index contributed by atoms with van der Waals surface area (Å²) in [7, 11) is 0. The number of H-pyrrole nitrogens is 1. The summed E-state index contributed by atoms with van der Waals surface area (Å²) in [5.74, 6) is 1.22. The molecule has 2 aromatic carbocycles. The summed E-state index contributed by atoms with van der Waals surface area (Å²) in [6, 6.07) is 13.1. The van der Waals surface area contributed by atoms with E-state index in [0.29, 0.717) is 23.5 Å². The summed E-state index contributed by atoms with van der Waals surface area (Å²) in [6.07, 6.45) is 3.81. The lowest BCUT2D eigenvalue weighted by molar-refractivity contribution is -0.118. The fraction of sp³-hybridized carbons (Fsp3) is 0.286. The topological polar surface area (TPSA) is 96.1 Å². The molecule has 1 aliphatic heterocycles. The number of hydrogen-bond acceptors (Lipinski definition) is 4. The number of rotatable bonds is 7. The van der Waals surface area contributed by atoms with E-state index in [9.17, 15) is 9.59 Å². The zero-order chi connectivity index (χ0) is 19.3. The maximum Gasteiger partial charge on any atom is 0.262 e. The second kappa shape index (κ2) is 8.12. The number of benzene rings is 2. The number of carbonyl (C=O) groups excluding carboxylic acids is 2. The second-order valence-corrected chi connectivity index (χ2v) is 6.81. The minimum absolute atomic E-state index is 0.00652. The highest BCUT2D eigenvalue weighted by Gasteiger charge is 2.17. The average Bonchev–Trinajstić information content (AvgIpc) is 3.12. The lowest BCUT2D eigenvalue weighted by Gasteiger charge is -2.18. The molecule has 3 N–H and O–H groups in total. The van der Waals surface area contributed by atoms with Gasteiger partial charge in [0.15, 0.2) is 6.61 Å². The van der Waals surface area contributed by atoms with Crippen LogP contribution < -0.4 is 15.4 Å². The van der Waals surface area contributed by atoms with Gasteiger partial charge in [0.2, 0.25) is 0 Å². The molecule has 2 amide bonds. The summed E-state index contributed by atoms with van der Waals surface area (Å²) < 4.78 is 5.30. The zero-order valence-corrected chi connectivity index (χ0v) is 15.5. The van der Waals surface area contributed by atoms with Gasteiger partial charge in [-0.25, -0.2) is 4.98 Å². The number of unbranched alkanes of at least 4 members (excludes halogenated alkanes) is 2. The molecule has 0 fully saturated rings. The van der Waals surface area contributed by atoms with Gasteiger partial charge in [-0.15, -0.1) is 0 Å². The number of ether oxygens (including phenoxy) is 1. The Bertz CT molecular complexity index is 979. The summed E-state index contributed by atoms with van der Waals surface area (Å²) >= 11 is 0. The maximum absolute atomic E-state index is 12.3. The van der Waals surface area contributed by atoms with Gasteiger partial charge in [0.25, 0.3) is 11.8 Å². The normalized spacial score (nSPS) is 12.9. The quantitative estimate of drug-likeness (QED) is 0.551. The summed E-state index contributed by atoms with van der Waals surface area (Å²) in [4.78, 5) is 31.6. The number of aryl methyl sites for hydroxylation is 1. The summed E-state index contributed by atoms with van der Waals surface area (Å²) in [5.41, 5.74) is 3.11. The Kier molecular flexibility index (Phi) is 5.23. The van der Waals surface area contributed by atoms with Crippen LogP contribution in [0.25, 0.3) is 11.0 Å². The molecule has 0 unspecified atom stereocenters. The number of imidazole rings is 1. The van der Waals surface area contributed by atoms with Gasteiger partial charge >= 0.3 is 0 Å². The first-order valence-electron chi connectivity index (χ1n) is 9.47. The van der Waals surface area contributed by atoms with Crippen LogP contribution in [-0.2, 0) is 11.2 Å². The van der Waals surface area contributed by atoms with Crippen molar-refractivity contribution < 1.29 is 14.3 Å². The number of nitrogens with zero attached hydrogens (tertiary/aromatic N) is 1. The van der Waals surface area contributed by atoms with Gasteiger partial charge in [0.1, 0.15) is 11.6 Å². The second-order valence-electron chi connectivity index (χ2n) is 6.81. The lowest BCUT2D eigenvalue weighted by atomic mass is 10.1. The highest BCUT2D eigenvalue weighted by atomic mass is 16.5. The van der Waals surface area contributed by atoms with E-state index in [4.69, 9.17) is 4.74 Å². The van der Waals surface area contributed by atoms with Crippen molar-refractivity contribution in [3.63, 3.8) is 0 Å². The summed E-state index contributed by atoms with van der Waals surface area (Å²) in [5, 5.41) is 5.63. The Morgan fingerprint density at radius 3 is 2.93 bits per heavy atom. The van der Waals surface area contributed by atoms with Crippen LogP contribution in [0.15, 0.2) is 42.5 Å². The number of nitrogens with one attached hydrogen (secondary N) is 3. The lowest BCUT2D eigenvalue weighted by Crippen LogP contribution is -2.27. The Labute approximate surface area is 162 Å². The molecule has 0 saturated heterocycles. The summed E-state index contributed by atoms with van der Waals surface area (Å²) in [6.45, 7) is 0.617. The van der Waals surface area contributed by atoms with E-state index < -0.39 is 0 Å². The number of aromatic amines is 1. The minimum atomic E-state index is -0.213. The molecule has 4 rings (SSSR count). The van der Waals surface area contributed by atoms with Crippen LogP contribution in [0.1, 0.15) is 35.4 Å². The fourth-order valence-corrected chi connectivity index (χ4v) is 3.25. The molecule has 0 bridgehead atoms. The van der Waals surface area contributed by atoms with E-state index in [1.54, 1.807) is 18.2 Å². The Hall–Kier alpha value is -3.35. The molecule has 144 valence electrons. The van der Waals surface area contributed by atoms with Crippen LogP contribution >= 0.6 is 0 Å². The van der Waals surface area contributed by atoms with Gasteiger partial charge in [0, 0.05) is 18.5 Å². The molecule has 0 saturated carbocycles. The predicted molar refractivity (Wildman–Crippen MR) is 107 cm³/mol. The highest BCUT2D eigenvalue weighted by molar-refractivity contribution is 5.99. The molecule has 7 heteroatoms. The molecule has 3 aromatic rings. The van der Waals surface area contributed by atoms with E-state index in [1.165, 1.54) is 0 Å². The van der Waals surface area contributed by atoms with Crippen molar-refractivity contribution in [2.24, 2.45) is 0 Å². The monoisotopic (exact) mass is 378 g/mol. The molecule has 0 atom stereocenters. The van der Waals surface area contributed by atoms with Crippen LogP contribution in [0, 0.1) is 0 Å². The van der Waals surface area contributed by atoms with E-state index in [2.05, 4.69) is 20.6 Å². The molecule has 28 heavy (non-hydrogen) atoms. The van der Waals surface area contributed by atoms with Gasteiger partial charge < -0.3 is 20.4 Å². The Balaban J connectivity index is 1.19. The number of para-hydroxylation sites is 2. The van der Waals surface area contributed by atoms with Crippen molar-refractivity contribution in [1.82, 2.24) is 15.3 Å².